The van der Waals surface area contributed by atoms with Crippen LogP contribution in [0.3, 0.4) is 0 Å². The first-order valence-corrected chi connectivity index (χ1v) is 10.9. The predicted octanol–water partition coefficient (Wildman–Crippen LogP) is 4.72. The zero-order valence-electron chi connectivity index (χ0n) is 18.0. The summed E-state index contributed by atoms with van der Waals surface area (Å²) in [5.74, 6) is -0.992. The van der Waals surface area contributed by atoms with Gasteiger partial charge >= 0.3 is 5.97 Å². The van der Waals surface area contributed by atoms with Crippen LogP contribution >= 0.6 is 11.3 Å². The first-order chi connectivity index (χ1) is 15.4. The summed E-state index contributed by atoms with van der Waals surface area (Å²) in [5, 5.41) is 8.05. The lowest BCUT2D eigenvalue weighted by molar-refractivity contribution is -0.119. The van der Waals surface area contributed by atoms with Crippen molar-refractivity contribution in [2.24, 2.45) is 0 Å². The lowest BCUT2D eigenvalue weighted by atomic mass is 10.2. The largest absolute Gasteiger partial charge is 0.451 e. The lowest BCUT2D eigenvalue weighted by Crippen LogP contribution is -2.21. The molecule has 0 aliphatic rings. The fraction of sp³-hybridized carbons (Fsp3) is 0.167. The van der Waals surface area contributed by atoms with E-state index in [0.717, 1.165) is 22.0 Å². The first-order valence-electron chi connectivity index (χ1n) is 10.1. The van der Waals surface area contributed by atoms with Crippen LogP contribution in [0.1, 0.15) is 26.8 Å². The molecule has 4 aromatic rings. The third-order valence-electron chi connectivity index (χ3n) is 4.89. The second kappa shape index (κ2) is 9.15. The van der Waals surface area contributed by atoms with Crippen molar-refractivity contribution in [1.82, 2.24) is 14.8 Å². The zero-order chi connectivity index (χ0) is 22.7. The van der Waals surface area contributed by atoms with Crippen molar-refractivity contribution in [2.45, 2.75) is 20.8 Å². The van der Waals surface area contributed by atoms with Crippen molar-refractivity contribution in [2.75, 3.05) is 11.9 Å². The topological polar surface area (TPSA) is 86.1 Å². The Morgan fingerprint density at radius 1 is 0.969 bits per heavy atom. The van der Waals surface area contributed by atoms with Gasteiger partial charge in [0.1, 0.15) is 9.88 Å². The number of thiazole rings is 1. The zero-order valence-corrected chi connectivity index (χ0v) is 18.8. The summed E-state index contributed by atoms with van der Waals surface area (Å²) >= 11 is 1.25. The number of hydrogen-bond acceptors (Lipinski definition) is 6. The van der Waals surface area contributed by atoms with E-state index in [0.29, 0.717) is 22.0 Å². The van der Waals surface area contributed by atoms with Gasteiger partial charge in [0.2, 0.25) is 0 Å². The number of para-hydroxylation sites is 1. The number of rotatable bonds is 6. The van der Waals surface area contributed by atoms with Crippen LogP contribution in [0.2, 0.25) is 0 Å². The lowest BCUT2D eigenvalue weighted by Gasteiger charge is -2.07. The molecule has 0 radical (unpaired) electrons. The highest BCUT2D eigenvalue weighted by Crippen LogP contribution is 2.28. The molecular weight excluding hydrogens is 424 g/mol. The summed E-state index contributed by atoms with van der Waals surface area (Å²) in [6.07, 6.45) is 0. The number of benzene rings is 2. The molecule has 0 aliphatic carbocycles. The third-order valence-corrected chi connectivity index (χ3v) is 6.08. The molecule has 1 amide bonds. The number of ether oxygens (including phenoxy) is 1. The highest BCUT2D eigenvalue weighted by atomic mass is 32.1. The predicted molar refractivity (Wildman–Crippen MR) is 124 cm³/mol. The fourth-order valence-electron chi connectivity index (χ4n) is 3.31. The number of anilines is 1. The first kappa shape index (κ1) is 21.5. The number of amides is 1. The Bertz CT molecular complexity index is 1260. The highest BCUT2D eigenvalue weighted by molar-refractivity contribution is 7.17. The summed E-state index contributed by atoms with van der Waals surface area (Å²) in [6.45, 7) is 5.05. The van der Waals surface area contributed by atoms with Gasteiger partial charge in [-0.05, 0) is 32.9 Å². The number of nitrogens with zero attached hydrogens (tertiary/aromatic N) is 3. The van der Waals surface area contributed by atoms with Crippen molar-refractivity contribution in [3.8, 4) is 16.3 Å². The maximum absolute atomic E-state index is 12.5. The number of aryl methyl sites for hydroxylation is 2. The number of carbonyl (C=O) groups excluding carboxylic acids is 2. The molecule has 0 unspecified atom stereocenters. The molecule has 0 aliphatic heterocycles. The average molecular weight is 447 g/mol. The quantitative estimate of drug-likeness (QED) is 0.433. The number of carbonyl (C=O) groups is 2. The Hall–Kier alpha value is -3.78. The SMILES string of the molecule is Cc1nc(-c2ccccc2)sc1C(=O)OCC(=O)Nc1c(C)nn(-c2ccccc2)c1C. The van der Waals surface area contributed by atoms with Crippen LogP contribution in [0.15, 0.2) is 60.7 Å². The number of aromatic nitrogens is 3. The molecule has 1 N–H and O–H groups in total. The van der Waals surface area contributed by atoms with Crippen LogP contribution in [-0.4, -0.2) is 33.2 Å². The summed E-state index contributed by atoms with van der Waals surface area (Å²) < 4.78 is 7.02. The number of hydrogen-bond donors (Lipinski definition) is 1. The van der Waals surface area contributed by atoms with Gasteiger partial charge in [-0.25, -0.2) is 14.5 Å². The van der Waals surface area contributed by atoms with Crippen LogP contribution < -0.4 is 5.32 Å². The Balaban J connectivity index is 1.41. The average Bonchev–Trinajstić information content (AvgIpc) is 3.33. The van der Waals surface area contributed by atoms with E-state index in [1.165, 1.54) is 11.3 Å². The van der Waals surface area contributed by atoms with Crippen LogP contribution in [-0.2, 0) is 9.53 Å². The van der Waals surface area contributed by atoms with Gasteiger partial charge in [0, 0.05) is 5.56 Å². The van der Waals surface area contributed by atoms with Crippen LogP contribution in [0.25, 0.3) is 16.3 Å². The van der Waals surface area contributed by atoms with Gasteiger partial charge in [-0.15, -0.1) is 11.3 Å². The molecule has 8 heteroatoms. The van der Waals surface area contributed by atoms with E-state index >= 15 is 0 Å². The number of esters is 1. The molecule has 0 saturated carbocycles. The molecule has 32 heavy (non-hydrogen) atoms. The van der Waals surface area contributed by atoms with E-state index in [9.17, 15) is 9.59 Å². The summed E-state index contributed by atoms with van der Waals surface area (Å²) in [6, 6.07) is 19.3. The van der Waals surface area contributed by atoms with Gasteiger partial charge in [-0.2, -0.15) is 5.10 Å². The summed E-state index contributed by atoms with van der Waals surface area (Å²) in [5.41, 5.74) is 4.48. The Labute approximate surface area is 189 Å². The van der Waals surface area contributed by atoms with E-state index < -0.39 is 18.5 Å². The van der Waals surface area contributed by atoms with Gasteiger partial charge < -0.3 is 10.1 Å². The molecule has 0 fully saturated rings. The van der Waals surface area contributed by atoms with Crippen LogP contribution in [0.4, 0.5) is 5.69 Å². The van der Waals surface area contributed by atoms with Gasteiger partial charge in [-0.3, -0.25) is 4.79 Å². The van der Waals surface area contributed by atoms with Crippen molar-refractivity contribution >= 4 is 28.9 Å². The van der Waals surface area contributed by atoms with E-state index in [4.69, 9.17) is 4.74 Å². The molecule has 2 heterocycles. The Kier molecular flexibility index (Phi) is 6.13. The standard InChI is InChI=1S/C24H22N4O3S/c1-15-21(17(3)28(27-15)19-12-8-5-9-13-19)26-20(29)14-31-24(30)22-16(2)25-23(32-22)18-10-6-4-7-11-18/h4-13H,14H2,1-3H3,(H,26,29). The maximum atomic E-state index is 12.5. The van der Waals surface area contributed by atoms with Crippen molar-refractivity contribution in [3.63, 3.8) is 0 Å². The highest BCUT2D eigenvalue weighted by Gasteiger charge is 2.20. The van der Waals surface area contributed by atoms with E-state index in [-0.39, 0.29) is 0 Å². The molecule has 0 saturated heterocycles. The Morgan fingerprint density at radius 3 is 2.31 bits per heavy atom. The summed E-state index contributed by atoms with van der Waals surface area (Å²) in [4.78, 5) is 29.9. The molecule has 7 nitrogen and oxygen atoms in total. The van der Waals surface area contributed by atoms with Crippen LogP contribution in [0.5, 0.6) is 0 Å². The van der Waals surface area contributed by atoms with Gasteiger partial charge in [0.05, 0.1) is 28.5 Å². The Morgan fingerprint density at radius 2 is 1.62 bits per heavy atom. The van der Waals surface area contributed by atoms with Gasteiger partial charge in [0.15, 0.2) is 6.61 Å². The minimum Gasteiger partial charge on any atom is -0.451 e. The molecule has 0 bridgehead atoms. The molecule has 0 atom stereocenters. The normalized spacial score (nSPS) is 10.7. The smallest absolute Gasteiger partial charge is 0.350 e. The van der Waals surface area contributed by atoms with Crippen molar-refractivity contribution in [1.29, 1.82) is 0 Å². The van der Waals surface area contributed by atoms with Crippen molar-refractivity contribution in [3.05, 3.63) is 82.6 Å². The van der Waals surface area contributed by atoms with Crippen LogP contribution in [0, 0.1) is 20.8 Å². The van der Waals surface area contributed by atoms with E-state index in [1.807, 2.05) is 74.5 Å². The maximum Gasteiger partial charge on any atom is 0.350 e. The van der Waals surface area contributed by atoms with E-state index in [2.05, 4.69) is 15.4 Å². The molecule has 0 spiro atoms. The minimum atomic E-state index is -0.564. The summed E-state index contributed by atoms with van der Waals surface area (Å²) in [7, 11) is 0. The molecule has 2 aromatic carbocycles. The second-order valence-electron chi connectivity index (χ2n) is 7.22. The molecule has 4 rings (SSSR count). The number of nitrogens with one attached hydrogen (secondary N) is 1. The van der Waals surface area contributed by atoms with E-state index in [1.54, 1.807) is 11.6 Å². The molecular formula is C24H22N4O3S. The van der Waals surface area contributed by atoms with Gasteiger partial charge in [0.25, 0.3) is 5.91 Å². The molecule has 2 aromatic heterocycles. The van der Waals surface area contributed by atoms with Crippen molar-refractivity contribution < 1.29 is 14.3 Å². The molecule has 162 valence electrons. The monoisotopic (exact) mass is 446 g/mol. The minimum absolute atomic E-state index is 0.390. The fourth-order valence-corrected chi connectivity index (χ4v) is 4.27. The van der Waals surface area contributed by atoms with Gasteiger partial charge in [-0.1, -0.05) is 48.5 Å². The second-order valence-corrected chi connectivity index (χ2v) is 8.22. The third kappa shape index (κ3) is 4.45.